The minimum absolute atomic E-state index is 0.124. The molecule has 1 aromatic carbocycles. The minimum Gasteiger partial charge on any atom is -0.381 e. The van der Waals surface area contributed by atoms with Crippen LogP contribution in [0.3, 0.4) is 0 Å². The average Bonchev–Trinajstić information content (AvgIpc) is 2.98. The molecule has 1 aliphatic heterocycles. The van der Waals surface area contributed by atoms with Gasteiger partial charge in [0.2, 0.25) is 0 Å². The first kappa shape index (κ1) is 13.8. The molecule has 0 radical (unpaired) electrons. The van der Waals surface area contributed by atoms with Crippen LogP contribution in [0.5, 0.6) is 0 Å². The van der Waals surface area contributed by atoms with Gasteiger partial charge in [-0.3, -0.25) is 4.79 Å². The summed E-state index contributed by atoms with van der Waals surface area (Å²) in [6, 6.07) is 9.99. The Hall–Kier alpha value is -1.81. The monoisotopic (exact) mass is 298 g/mol. The summed E-state index contributed by atoms with van der Waals surface area (Å²) in [6.07, 6.45) is 4.96. The number of para-hydroxylation sites is 1. The second-order valence-electron chi connectivity index (χ2n) is 6.69. The van der Waals surface area contributed by atoms with Gasteiger partial charge in [-0.05, 0) is 37.8 Å². The van der Waals surface area contributed by atoms with Crippen molar-refractivity contribution in [3.8, 4) is 0 Å². The Morgan fingerprint density at radius 1 is 1.27 bits per heavy atom. The number of methoxy groups -OCH3 is 1. The Labute approximate surface area is 130 Å². The van der Waals surface area contributed by atoms with Crippen molar-refractivity contribution in [2.75, 3.05) is 20.2 Å². The molecular weight excluding hydrogens is 276 g/mol. The number of fused-ring (bicyclic) bond motifs is 1. The zero-order valence-corrected chi connectivity index (χ0v) is 13.0. The van der Waals surface area contributed by atoms with Crippen LogP contribution in [-0.2, 0) is 4.74 Å². The maximum atomic E-state index is 12.7. The van der Waals surface area contributed by atoms with Gasteiger partial charge in [-0.25, -0.2) is 0 Å². The van der Waals surface area contributed by atoms with Crippen LogP contribution in [0.2, 0.25) is 0 Å². The molecule has 22 heavy (non-hydrogen) atoms. The van der Waals surface area contributed by atoms with Gasteiger partial charge in [-0.15, -0.1) is 0 Å². The van der Waals surface area contributed by atoms with E-state index in [1.807, 2.05) is 42.3 Å². The fourth-order valence-electron chi connectivity index (χ4n) is 4.12. The zero-order chi connectivity index (χ0) is 15.2. The highest BCUT2D eigenvalue weighted by Crippen LogP contribution is 2.50. The Bertz CT molecular complexity index is 663. The molecule has 1 aliphatic carbocycles. The summed E-state index contributed by atoms with van der Waals surface area (Å²) in [5.41, 5.74) is 2.07. The van der Waals surface area contributed by atoms with Crippen molar-refractivity contribution in [1.29, 1.82) is 0 Å². The molecule has 1 atom stereocenters. The molecule has 1 N–H and O–H groups in total. The number of benzene rings is 1. The van der Waals surface area contributed by atoms with E-state index in [2.05, 4.69) is 4.98 Å². The van der Waals surface area contributed by atoms with Gasteiger partial charge in [0, 0.05) is 36.5 Å². The first-order valence-electron chi connectivity index (χ1n) is 8.12. The Kier molecular flexibility index (Phi) is 3.22. The lowest BCUT2D eigenvalue weighted by Crippen LogP contribution is -2.53. The van der Waals surface area contributed by atoms with E-state index in [0.29, 0.717) is 17.2 Å². The molecule has 1 amide bonds. The van der Waals surface area contributed by atoms with Crippen molar-refractivity contribution in [1.82, 2.24) is 9.88 Å². The van der Waals surface area contributed by atoms with Crippen molar-refractivity contribution in [2.24, 2.45) is 5.41 Å². The van der Waals surface area contributed by atoms with E-state index in [4.69, 9.17) is 4.74 Å². The van der Waals surface area contributed by atoms with E-state index in [0.717, 1.165) is 36.8 Å². The number of aromatic nitrogens is 1. The van der Waals surface area contributed by atoms with Gasteiger partial charge < -0.3 is 14.6 Å². The standard InChI is InChI=1S/C18H22N2O2/c1-22-16-6-7-18(16)8-10-20(11-9-18)17(21)15-12-13-4-2-3-5-14(13)19-15/h2-5,12,16,19H,6-11H2,1H3. The summed E-state index contributed by atoms with van der Waals surface area (Å²) < 4.78 is 5.59. The van der Waals surface area contributed by atoms with Gasteiger partial charge in [-0.2, -0.15) is 0 Å². The average molecular weight is 298 g/mol. The highest BCUT2D eigenvalue weighted by atomic mass is 16.5. The van der Waals surface area contributed by atoms with Crippen LogP contribution in [0.15, 0.2) is 30.3 Å². The predicted octanol–water partition coefficient (Wildman–Crippen LogP) is 3.20. The second kappa shape index (κ2) is 5.13. The molecule has 4 rings (SSSR count). The molecule has 0 bridgehead atoms. The number of ether oxygens (including phenoxy) is 1. The summed E-state index contributed by atoms with van der Waals surface area (Å²) in [7, 11) is 1.81. The molecule has 2 heterocycles. The van der Waals surface area contributed by atoms with E-state index in [1.165, 1.54) is 12.8 Å². The number of piperidine rings is 1. The molecule has 1 saturated heterocycles. The maximum absolute atomic E-state index is 12.7. The number of H-pyrrole nitrogens is 1. The van der Waals surface area contributed by atoms with E-state index >= 15 is 0 Å². The molecule has 1 saturated carbocycles. The van der Waals surface area contributed by atoms with Crippen LogP contribution in [0.1, 0.15) is 36.2 Å². The summed E-state index contributed by atoms with van der Waals surface area (Å²) >= 11 is 0. The molecular formula is C18H22N2O2. The summed E-state index contributed by atoms with van der Waals surface area (Å²) in [4.78, 5) is 17.9. The van der Waals surface area contributed by atoms with Crippen LogP contribution in [0.4, 0.5) is 0 Å². The van der Waals surface area contributed by atoms with Crippen molar-refractivity contribution < 1.29 is 9.53 Å². The molecule has 4 nitrogen and oxygen atoms in total. The summed E-state index contributed by atoms with van der Waals surface area (Å²) in [5, 5.41) is 1.10. The van der Waals surface area contributed by atoms with Crippen molar-refractivity contribution in [3.05, 3.63) is 36.0 Å². The third-order valence-corrected chi connectivity index (χ3v) is 5.68. The number of aromatic amines is 1. The molecule has 1 spiro atoms. The van der Waals surface area contributed by atoms with Crippen LogP contribution >= 0.6 is 0 Å². The van der Waals surface area contributed by atoms with E-state index in [1.54, 1.807) is 0 Å². The topological polar surface area (TPSA) is 45.3 Å². The third-order valence-electron chi connectivity index (χ3n) is 5.68. The largest absolute Gasteiger partial charge is 0.381 e. The molecule has 4 heteroatoms. The van der Waals surface area contributed by atoms with Gasteiger partial charge in [0.15, 0.2) is 0 Å². The summed E-state index contributed by atoms with van der Waals surface area (Å²) in [5.74, 6) is 0.124. The predicted molar refractivity (Wildman–Crippen MR) is 85.9 cm³/mol. The van der Waals surface area contributed by atoms with Gasteiger partial charge in [-0.1, -0.05) is 18.2 Å². The second-order valence-corrected chi connectivity index (χ2v) is 6.69. The van der Waals surface area contributed by atoms with Crippen LogP contribution in [-0.4, -0.2) is 42.1 Å². The Balaban J connectivity index is 1.48. The van der Waals surface area contributed by atoms with Gasteiger partial charge in [0.25, 0.3) is 5.91 Å². The van der Waals surface area contributed by atoms with Gasteiger partial charge >= 0.3 is 0 Å². The SMILES string of the molecule is COC1CCC12CCN(C(=O)c1cc3ccccc3[nH]1)CC2. The Morgan fingerprint density at radius 2 is 2.05 bits per heavy atom. The Morgan fingerprint density at radius 3 is 2.68 bits per heavy atom. The molecule has 2 aliphatic rings. The number of nitrogens with one attached hydrogen (secondary N) is 1. The quantitative estimate of drug-likeness (QED) is 0.925. The molecule has 2 aromatic rings. The number of carbonyl (C=O) groups excluding carboxylic acids is 1. The van der Waals surface area contributed by atoms with Crippen molar-refractivity contribution >= 4 is 16.8 Å². The molecule has 1 unspecified atom stereocenters. The lowest BCUT2D eigenvalue weighted by molar-refractivity contribution is -0.116. The molecule has 2 fully saturated rings. The van der Waals surface area contributed by atoms with E-state index in [-0.39, 0.29) is 5.91 Å². The first-order valence-corrected chi connectivity index (χ1v) is 8.12. The lowest BCUT2D eigenvalue weighted by atomic mass is 9.61. The highest BCUT2D eigenvalue weighted by molar-refractivity contribution is 5.98. The van der Waals surface area contributed by atoms with Crippen LogP contribution in [0, 0.1) is 5.41 Å². The van der Waals surface area contributed by atoms with E-state index < -0.39 is 0 Å². The number of rotatable bonds is 2. The van der Waals surface area contributed by atoms with Gasteiger partial charge in [0.1, 0.15) is 5.69 Å². The van der Waals surface area contributed by atoms with Crippen molar-refractivity contribution in [2.45, 2.75) is 31.8 Å². The normalized spacial score (nSPS) is 23.7. The maximum Gasteiger partial charge on any atom is 0.270 e. The number of hydrogen-bond donors (Lipinski definition) is 1. The summed E-state index contributed by atoms with van der Waals surface area (Å²) in [6.45, 7) is 1.68. The number of nitrogens with zero attached hydrogens (tertiary/aromatic N) is 1. The zero-order valence-electron chi connectivity index (χ0n) is 13.0. The fraction of sp³-hybridized carbons (Fsp3) is 0.500. The smallest absolute Gasteiger partial charge is 0.270 e. The number of likely N-dealkylation sites (tertiary alicyclic amines) is 1. The minimum atomic E-state index is 0.124. The highest BCUT2D eigenvalue weighted by Gasteiger charge is 2.49. The van der Waals surface area contributed by atoms with Gasteiger partial charge in [0.05, 0.1) is 6.10 Å². The van der Waals surface area contributed by atoms with E-state index in [9.17, 15) is 4.79 Å². The molecule has 1 aromatic heterocycles. The lowest BCUT2D eigenvalue weighted by Gasteiger charge is -2.53. The van der Waals surface area contributed by atoms with Crippen molar-refractivity contribution in [3.63, 3.8) is 0 Å². The van der Waals surface area contributed by atoms with Crippen LogP contribution < -0.4 is 0 Å². The first-order chi connectivity index (χ1) is 10.7. The molecule has 116 valence electrons. The number of hydrogen-bond acceptors (Lipinski definition) is 2. The number of carbonyl (C=O) groups is 1. The fourth-order valence-corrected chi connectivity index (χ4v) is 4.12. The third kappa shape index (κ3) is 2.05. The van der Waals surface area contributed by atoms with Crippen LogP contribution in [0.25, 0.3) is 10.9 Å². The number of amides is 1.